The highest BCUT2D eigenvalue weighted by molar-refractivity contribution is 6.11. The Balaban J connectivity index is 1.52. The summed E-state index contributed by atoms with van der Waals surface area (Å²) in [7, 11) is 0. The standard InChI is InChI=1S/C31H23FN2O/c1-21-14-16-23(17-15-21)31-26(24-9-3-7-13-29(24)34-31)20-33-28-12-6-4-10-25(28)30(35)19-18-22-8-2-5-11-27(22)32/h2-20,34H,1H3/b19-18+,33-20?. The second kappa shape index (κ2) is 9.74. The van der Waals surface area contributed by atoms with E-state index in [1.165, 1.54) is 23.8 Å². The fraction of sp³-hybridized carbons (Fsp3) is 0.0323. The van der Waals surface area contributed by atoms with E-state index in [0.717, 1.165) is 27.7 Å². The maximum absolute atomic E-state index is 13.9. The van der Waals surface area contributed by atoms with Gasteiger partial charge >= 0.3 is 0 Å². The molecule has 0 amide bonds. The highest BCUT2D eigenvalue weighted by atomic mass is 19.1. The molecule has 3 nitrogen and oxygen atoms in total. The lowest BCUT2D eigenvalue weighted by molar-refractivity contribution is 0.104. The van der Waals surface area contributed by atoms with Gasteiger partial charge in [0.25, 0.3) is 0 Å². The zero-order valence-corrected chi connectivity index (χ0v) is 19.2. The van der Waals surface area contributed by atoms with Crippen LogP contribution in [0, 0.1) is 12.7 Å². The van der Waals surface area contributed by atoms with Crippen molar-refractivity contribution < 1.29 is 9.18 Å². The van der Waals surface area contributed by atoms with E-state index >= 15 is 0 Å². The minimum Gasteiger partial charge on any atom is -0.354 e. The number of H-pyrrole nitrogens is 1. The molecule has 0 aliphatic heterocycles. The molecule has 0 saturated carbocycles. The molecule has 0 spiro atoms. The number of aromatic amines is 1. The summed E-state index contributed by atoms with van der Waals surface area (Å²) >= 11 is 0. The SMILES string of the molecule is Cc1ccc(-c2[nH]c3ccccc3c2C=Nc2ccccc2C(=O)/C=C/c2ccccc2F)cc1. The summed E-state index contributed by atoms with van der Waals surface area (Å²) in [5.41, 5.74) is 6.56. The Bertz CT molecular complexity index is 1580. The summed E-state index contributed by atoms with van der Waals surface area (Å²) in [4.78, 5) is 21.2. The number of rotatable bonds is 6. The van der Waals surface area contributed by atoms with Crippen LogP contribution < -0.4 is 0 Å². The van der Waals surface area contributed by atoms with Crippen LogP contribution in [0.2, 0.25) is 0 Å². The topological polar surface area (TPSA) is 45.2 Å². The van der Waals surface area contributed by atoms with Crippen LogP contribution in [-0.2, 0) is 0 Å². The highest BCUT2D eigenvalue weighted by Gasteiger charge is 2.13. The van der Waals surface area contributed by atoms with Gasteiger partial charge in [-0.05, 0) is 48.9 Å². The number of nitrogens with zero attached hydrogens (tertiary/aromatic N) is 1. The Morgan fingerprint density at radius 3 is 2.40 bits per heavy atom. The molecule has 0 aliphatic rings. The van der Waals surface area contributed by atoms with Crippen molar-refractivity contribution >= 4 is 34.7 Å². The van der Waals surface area contributed by atoms with Gasteiger partial charge in [-0.25, -0.2) is 4.39 Å². The third-order valence-electron chi connectivity index (χ3n) is 5.91. The van der Waals surface area contributed by atoms with E-state index in [0.29, 0.717) is 16.8 Å². The predicted molar refractivity (Wildman–Crippen MR) is 142 cm³/mol. The first kappa shape index (κ1) is 22.2. The average molecular weight is 459 g/mol. The monoisotopic (exact) mass is 458 g/mol. The van der Waals surface area contributed by atoms with E-state index in [2.05, 4.69) is 42.2 Å². The largest absolute Gasteiger partial charge is 0.354 e. The van der Waals surface area contributed by atoms with Gasteiger partial charge in [-0.2, -0.15) is 0 Å². The second-order valence-corrected chi connectivity index (χ2v) is 8.32. The number of aryl methyl sites for hydroxylation is 1. The maximum Gasteiger partial charge on any atom is 0.188 e. The molecule has 0 aliphatic carbocycles. The molecule has 0 radical (unpaired) electrons. The first-order valence-corrected chi connectivity index (χ1v) is 11.4. The van der Waals surface area contributed by atoms with E-state index in [4.69, 9.17) is 4.99 Å². The van der Waals surface area contributed by atoms with Crippen LogP contribution in [0.1, 0.15) is 27.0 Å². The van der Waals surface area contributed by atoms with Crippen LogP contribution in [0.3, 0.4) is 0 Å². The van der Waals surface area contributed by atoms with Crippen LogP contribution in [0.5, 0.6) is 0 Å². The van der Waals surface area contributed by atoms with Gasteiger partial charge in [-0.3, -0.25) is 9.79 Å². The van der Waals surface area contributed by atoms with E-state index < -0.39 is 0 Å². The van der Waals surface area contributed by atoms with E-state index in [1.54, 1.807) is 42.6 Å². The molecular formula is C31H23FN2O. The molecule has 1 N–H and O–H groups in total. The first-order valence-electron chi connectivity index (χ1n) is 11.4. The number of ketones is 1. The molecule has 4 heteroatoms. The van der Waals surface area contributed by atoms with Crippen molar-refractivity contribution in [3.63, 3.8) is 0 Å². The smallest absolute Gasteiger partial charge is 0.188 e. The molecule has 5 rings (SSSR count). The number of nitrogens with one attached hydrogen (secondary N) is 1. The number of carbonyl (C=O) groups excluding carboxylic acids is 1. The van der Waals surface area contributed by atoms with Crippen molar-refractivity contribution in [1.29, 1.82) is 0 Å². The molecule has 0 saturated heterocycles. The van der Waals surface area contributed by atoms with Crippen molar-refractivity contribution in [2.75, 3.05) is 0 Å². The lowest BCUT2D eigenvalue weighted by atomic mass is 10.0. The van der Waals surface area contributed by atoms with Crippen LogP contribution in [-0.4, -0.2) is 17.0 Å². The zero-order valence-electron chi connectivity index (χ0n) is 19.2. The van der Waals surface area contributed by atoms with Crippen LogP contribution >= 0.6 is 0 Å². The Morgan fingerprint density at radius 1 is 0.857 bits per heavy atom. The van der Waals surface area contributed by atoms with Gasteiger partial charge in [-0.1, -0.05) is 78.4 Å². The minimum absolute atomic E-state index is 0.237. The minimum atomic E-state index is -0.370. The van der Waals surface area contributed by atoms with Crippen molar-refractivity contribution in [3.05, 3.63) is 131 Å². The molecule has 4 aromatic carbocycles. The molecule has 0 atom stereocenters. The quantitative estimate of drug-likeness (QED) is 0.157. The summed E-state index contributed by atoms with van der Waals surface area (Å²) in [6, 6.07) is 30.0. The van der Waals surface area contributed by atoms with Crippen LogP contribution in [0.4, 0.5) is 10.1 Å². The molecule has 0 bridgehead atoms. The van der Waals surface area contributed by atoms with Crippen molar-refractivity contribution in [2.45, 2.75) is 6.92 Å². The number of aromatic nitrogens is 1. The number of hydrogen-bond donors (Lipinski definition) is 1. The van der Waals surface area contributed by atoms with Crippen LogP contribution in [0.15, 0.2) is 108 Å². The zero-order chi connectivity index (χ0) is 24.2. The summed E-state index contributed by atoms with van der Waals surface area (Å²) < 4.78 is 13.9. The number of carbonyl (C=O) groups is 1. The molecule has 5 aromatic rings. The molecule has 35 heavy (non-hydrogen) atoms. The molecule has 1 aromatic heterocycles. The number of fused-ring (bicyclic) bond motifs is 1. The lowest BCUT2D eigenvalue weighted by Gasteiger charge is -2.04. The third-order valence-corrected chi connectivity index (χ3v) is 5.91. The Kier molecular flexibility index (Phi) is 6.18. The fourth-order valence-electron chi connectivity index (χ4n) is 4.04. The first-order chi connectivity index (χ1) is 17.1. The number of hydrogen-bond acceptors (Lipinski definition) is 2. The van der Waals surface area contributed by atoms with E-state index in [-0.39, 0.29) is 11.6 Å². The second-order valence-electron chi connectivity index (χ2n) is 8.32. The van der Waals surface area contributed by atoms with Gasteiger partial charge < -0.3 is 4.98 Å². The third kappa shape index (κ3) is 4.73. The summed E-state index contributed by atoms with van der Waals surface area (Å²) in [6.07, 6.45) is 4.68. The highest BCUT2D eigenvalue weighted by Crippen LogP contribution is 2.30. The van der Waals surface area contributed by atoms with Gasteiger partial charge in [-0.15, -0.1) is 0 Å². The molecule has 170 valence electrons. The molecule has 0 unspecified atom stereocenters. The van der Waals surface area contributed by atoms with Crippen molar-refractivity contribution in [2.24, 2.45) is 4.99 Å². The average Bonchev–Trinajstić information content (AvgIpc) is 3.26. The summed E-state index contributed by atoms with van der Waals surface area (Å²) in [5.74, 6) is -0.607. The van der Waals surface area contributed by atoms with Crippen molar-refractivity contribution in [1.82, 2.24) is 4.98 Å². The number of aliphatic imine (C=N–C) groups is 1. The molecule has 0 fully saturated rings. The lowest BCUT2D eigenvalue weighted by Crippen LogP contribution is -1.95. The van der Waals surface area contributed by atoms with Gasteiger partial charge in [0.15, 0.2) is 5.78 Å². The Hall–Kier alpha value is -4.57. The van der Waals surface area contributed by atoms with Gasteiger partial charge in [0.2, 0.25) is 0 Å². The van der Waals surface area contributed by atoms with Gasteiger partial charge in [0.05, 0.1) is 11.4 Å². The van der Waals surface area contributed by atoms with Gasteiger partial charge in [0.1, 0.15) is 5.82 Å². The number of benzene rings is 4. The number of para-hydroxylation sites is 2. The molecular weight excluding hydrogens is 435 g/mol. The number of halogens is 1. The summed E-state index contributed by atoms with van der Waals surface area (Å²) in [6.45, 7) is 2.06. The Labute approximate surface area is 203 Å². The van der Waals surface area contributed by atoms with E-state index in [1.807, 2.05) is 24.3 Å². The van der Waals surface area contributed by atoms with Crippen molar-refractivity contribution in [3.8, 4) is 11.3 Å². The number of allylic oxidation sites excluding steroid dienone is 1. The summed E-state index contributed by atoms with van der Waals surface area (Å²) in [5, 5.41) is 1.05. The fourth-order valence-corrected chi connectivity index (χ4v) is 4.04. The van der Waals surface area contributed by atoms with Crippen LogP contribution in [0.25, 0.3) is 28.2 Å². The van der Waals surface area contributed by atoms with E-state index in [9.17, 15) is 9.18 Å². The molecule has 1 heterocycles. The predicted octanol–water partition coefficient (Wildman–Crippen LogP) is 7.93. The normalized spacial score (nSPS) is 11.6. The maximum atomic E-state index is 13.9. The van der Waals surface area contributed by atoms with Gasteiger partial charge in [0, 0.05) is 33.8 Å². The Morgan fingerprint density at radius 2 is 1.57 bits per heavy atom.